The number of ether oxygens (including phenoxy) is 1. The molecule has 2 rings (SSSR count). The summed E-state index contributed by atoms with van der Waals surface area (Å²) in [7, 11) is 0. The van der Waals surface area contributed by atoms with Crippen LogP contribution in [0.3, 0.4) is 0 Å². The molecule has 1 saturated carbocycles. The smallest absolute Gasteiger partial charge is 0.167 e. The largest absolute Gasteiger partial charge is 0.484 e. The summed E-state index contributed by atoms with van der Waals surface area (Å²) >= 11 is 0. The summed E-state index contributed by atoms with van der Waals surface area (Å²) in [6, 6.07) is 5.26. The van der Waals surface area contributed by atoms with Gasteiger partial charge in [0.05, 0.1) is 0 Å². The Balaban J connectivity index is 2.16. The molecule has 2 nitrogen and oxygen atoms in total. The van der Waals surface area contributed by atoms with Crippen molar-refractivity contribution in [1.29, 1.82) is 0 Å². The van der Waals surface area contributed by atoms with Gasteiger partial charge in [0.1, 0.15) is 5.60 Å². The highest BCUT2D eigenvalue weighted by atomic mass is 19.1. The van der Waals surface area contributed by atoms with Crippen LogP contribution in [0.15, 0.2) is 18.2 Å². The number of halogens is 1. The monoisotopic (exact) mass is 223 g/mol. The van der Waals surface area contributed by atoms with Crippen LogP contribution in [0.1, 0.15) is 31.2 Å². The fraction of sp³-hybridized carbons (Fsp3) is 0.538. The predicted molar refractivity (Wildman–Crippen MR) is 62.0 cm³/mol. The van der Waals surface area contributed by atoms with E-state index in [9.17, 15) is 4.39 Å². The third-order valence-corrected chi connectivity index (χ3v) is 3.35. The van der Waals surface area contributed by atoms with E-state index in [0.29, 0.717) is 17.9 Å². The molecule has 1 fully saturated rings. The van der Waals surface area contributed by atoms with Gasteiger partial charge < -0.3 is 10.5 Å². The molecule has 0 atom stereocenters. The van der Waals surface area contributed by atoms with E-state index in [0.717, 1.165) is 25.7 Å². The van der Waals surface area contributed by atoms with Crippen molar-refractivity contribution in [3.8, 4) is 5.75 Å². The second-order valence-electron chi connectivity index (χ2n) is 4.56. The van der Waals surface area contributed by atoms with Crippen molar-refractivity contribution in [1.82, 2.24) is 0 Å². The first-order valence-corrected chi connectivity index (χ1v) is 5.81. The van der Waals surface area contributed by atoms with E-state index >= 15 is 0 Å². The number of aryl methyl sites for hydroxylation is 1. The van der Waals surface area contributed by atoms with E-state index in [-0.39, 0.29) is 11.4 Å². The molecule has 0 saturated heterocycles. The fourth-order valence-corrected chi connectivity index (χ4v) is 2.17. The Labute approximate surface area is 95.6 Å². The lowest BCUT2D eigenvalue weighted by Crippen LogP contribution is -2.45. The Bertz CT molecular complexity index is 374. The zero-order chi connectivity index (χ0) is 11.6. The van der Waals surface area contributed by atoms with Crippen LogP contribution in [-0.4, -0.2) is 12.1 Å². The molecule has 0 aromatic heterocycles. The molecule has 0 spiro atoms. The van der Waals surface area contributed by atoms with Gasteiger partial charge >= 0.3 is 0 Å². The number of nitrogens with two attached hydrogens (primary N) is 1. The summed E-state index contributed by atoms with van der Waals surface area (Å²) in [6.07, 6.45) is 3.92. The summed E-state index contributed by atoms with van der Waals surface area (Å²) in [5, 5.41) is 0. The molecule has 3 heteroatoms. The van der Waals surface area contributed by atoms with E-state index in [1.807, 2.05) is 6.07 Å². The van der Waals surface area contributed by atoms with Crippen molar-refractivity contribution in [3.63, 3.8) is 0 Å². The second-order valence-corrected chi connectivity index (χ2v) is 4.56. The summed E-state index contributed by atoms with van der Waals surface area (Å²) in [6.45, 7) is 2.34. The zero-order valence-electron chi connectivity index (χ0n) is 9.63. The quantitative estimate of drug-likeness (QED) is 0.851. The Morgan fingerprint density at radius 2 is 2.19 bits per heavy atom. The van der Waals surface area contributed by atoms with Gasteiger partial charge in [-0.15, -0.1) is 0 Å². The lowest BCUT2D eigenvalue weighted by atomic mass is 9.77. The number of hydrogen-bond acceptors (Lipinski definition) is 2. The normalized spacial score (nSPS) is 17.9. The molecule has 1 aromatic rings. The molecule has 1 aromatic carbocycles. The van der Waals surface area contributed by atoms with E-state index in [1.165, 1.54) is 0 Å². The third kappa shape index (κ3) is 2.05. The highest BCUT2D eigenvalue weighted by molar-refractivity contribution is 5.31. The van der Waals surface area contributed by atoms with Gasteiger partial charge in [0, 0.05) is 0 Å². The lowest BCUT2D eigenvalue weighted by molar-refractivity contribution is -0.0155. The van der Waals surface area contributed by atoms with Crippen LogP contribution < -0.4 is 10.5 Å². The van der Waals surface area contributed by atoms with Gasteiger partial charge in [0.15, 0.2) is 11.6 Å². The van der Waals surface area contributed by atoms with Crippen LogP contribution in [0.25, 0.3) is 0 Å². The molecule has 0 radical (unpaired) electrons. The van der Waals surface area contributed by atoms with Gasteiger partial charge in [-0.3, -0.25) is 0 Å². The molecular weight excluding hydrogens is 205 g/mol. The van der Waals surface area contributed by atoms with Gasteiger partial charge in [-0.25, -0.2) is 4.39 Å². The van der Waals surface area contributed by atoms with Crippen molar-refractivity contribution in [2.45, 2.75) is 38.2 Å². The number of hydrogen-bond donors (Lipinski definition) is 1. The molecule has 0 heterocycles. The van der Waals surface area contributed by atoms with Crippen molar-refractivity contribution in [2.75, 3.05) is 6.54 Å². The Hall–Kier alpha value is -1.09. The minimum absolute atomic E-state index is 0.205. The first-order chi connectivity index (χ1) is 7.67. The van der Waals surface area contributed by atoms with E-state index in [4.69, 9.17) is 10.5 Å². The van der Waals surface area contributed by atoms with Gasteiger partial charge in [-0.2, -0.15) is 0 Å². The summed E-state index contributed by atoms with van der Waals surface area (Å²) < 4.78 is 19.6. The topological polar surface area (TPSA) is 35.2 Å². The second kappa shape index (κ2) is 4.42. The summed E-state index contributed by atoms with van der Waals surface area (Å²) in [5.74, 6) is 0.124. The standard InChI is InChI=1S/C13H18FNO/c1-10-4-2-5-11(12(10)14)16-13(8-9-15)6-3-7-13/h2,4-5H,3,6-9,15H2,1H3. The van der Waals surface area contributed by atoms with Gasteiger partial charge in [-0.05, 0) is 50.8 Å². The highest BCUT2D eigenvalue weighted by Crippen LogP contribution is 2.39. The SMILES string of the molecule is Cc1cccc(OC2(CCN)CCC2)c1F. The maximum absolute atomic E-state index is 13.8. The molecule has 0 unspecified atom stereocenters. The maximum atomic E-state index is 13.8. The Morgan fingerprint density at radius 3 is 2.75 bits per heavy atom. The van der Waals surface area contributed by atoms with Gasteiger partial charge in [-0.1, -0.05) is 12.1 Å². The average molecular weight is 223 g/mol. The Kier molecular flexibility index (Phi) is 3.15. The first-order valence-electron chi connectivity index (χ1n) is 5.81. The average Bonchev–Trinajstić information content (AvgIpc) is 2.21. The van der Waals surface area contributed by atoms with E-state index < -0.39 is 0 Å². The highest BCUT2D eigenvalue weighted by Gasteiger charge is 2.39. The summed E-state index contributed by atoms with van der Waals surface area (Å²) in [5.41, 5.74) is 5.99. The van der Waals surface area contributed by atoms with Crippen molar-refractivity contribution < 1.29 is 9.13 Å². The minimum Gasteiger partial charge on any atom is -0.484 e. The third-order valence-electron chi connectivity index (χ3n) is 3.35. The fourth-order valence-electron chi connectivity index (χ4n) is 2.17. The molecule has 1 aliphatic carbocycles. The van der Waals surface area contributed by atoms with Crippen LogP contribution in [0.2, 0.25) is 0 Å². The zero-order valence-corrected chi connectivity index (χ0v) is 9.63. The predicted octanol–water partition coefficient (Wildman–Crippen LogP) is 2.78. The molecule has 2 N–H and O–H groups in total. The van der Waals surface area contributed by atoms with Gasteiger partial charge in [0.25, 0.3) is 0 Å². The number of rotatable bonds is 4. The van der Waals surface area contributed by atoms with Crippen LogP contribution in [0, 0.1) is 12.7 Å². The van der Waals surface area contributed by atoms with E-state index in [1.54, 1.807) is 19.1 Å². The molecule has 16 heavy (non-hydrogen) atoms. The molecule has 0 bridgehead atoms. The van der Waals surface area contributed by atoms with Crippen molar-refractivity contribution in [2.24, 2.45) is 5.73 Å². The number of benzene rings is 1. The van der Waals surface area contributed by atoms with Crippen molar-refractivity contribution in [3.05, 3.63) is 29.6 Å². The van der Waals surface area contributed by atoms with Crippen LogP contribution in [0.5, 0.6) is 5.75 Å². The summed E-state index contributed by atoms with van der Waals surface area (Å²) in [4.78, 5) is 0. The van der Waals surface area contributed by atoms with Crippen molar-refractivity contribution >= 4 is 0 Å². The minimum atomic E-state index is -0.245. The molecule has 1 aliphatic rings. The van der Waals surface area contributed by atoms with E-state index in [2.05, 4.69) is 0 Å². The maximum Gasteiger partial charge on any atom is 0.167 e. The Morgan fingerprint density at radius 1 is 1.44 bits per heavy atom. The molecule has 0 amide bonds. The van der Waals surface area contributed by atoms with Gasteiger partial charge in [0.2, 0.25) is 0 Å². The molecule has 88 valence electrons. The first kappa shape index (κ1) is 11.4. The lowest BCUT2D eigenvalue weighted by Gasteiger charge is -2.42. The molecular formula is C13H18FNO. The van der Waals surface area contributed by atoms with Crippen LogP contribution in [-0.2, 0) is 0 Å². The molecule has 0 aliphatic heterocycles. The van der Waals surface area contributed by atoms with Crippen LogP contribution >= 0.6 is 0 Å². The van der Waals surface area contributed by atoms with Crippen LogP contribution in [0.4, 0.5) is 4.39 Å².